The molecule has 3 heterocycles. The van der Waals surface area contributed by atoms with Crippen LogP contribution in [0.3, 0.4) is 0 Å². The number of aryl methyl sites for hydroxylation is 2. The van der Waals surface area contributed by atoms with Gasteiger partial charge < -0.3 is 14.7 Å². The Labute approximate surface area is 180 Å². The predicted octanol–water partition coefficient (Wildman–Crippen LogP) is 2.72. The minimum absolute atomic E-state index is 0.0954. The van der Waals surface area contributed by atoms with Gasteiger partial charge in [-0.25, -0.2) is 14.2 Å². The summed E-state index contributed by atoms with van der Waals surface area (Å²) in [4.78, 5) is 37.9. The largest absolute Gasteiger partial charge is 0.328 e. The molecule has 0 aromatic heterocycles. The Bertz CT molecular complexity index is 1120. The number of hydrogen-bond donors (Lipinski definition) is 0. The van der Waals surface area contributed by atoms with Crippen LogP contribution in [0, 0.1) is 19.7 Å². The van der Waals surface area contributed by atoms with Crippen molar-refractivity contribution >= 4 is 23.6 Å². The van der Waals surface area contributed by atoms with Crippen molar-refractivity contribution in [1.29, 1.82) is 0 Å². The Kier molecular flexibility index (Phi) is 4.46. The van der Waals surface area contributed by atoms with Crippen molar-refractivity contribution in [3.8, 4) is 0 Å². The number of amides is 3. The molecule has 3 amide bonds. The summed E-state index contributed by atoms with van der Waals surface area (Å²) in [5.74, 6) is -0.0568. The number of carbonyl (C=O) groups excluding carboxylic acids is 2. The first-order valence-corrected chi connectivity index (χ1v) is 10.4. The average Bonchev–Trinajstić information content (AvgIpc) is 3.31. The molecule has 2 aromatic carbocycles. The van der Waals surface area contributed by atoms with E-state index in [0.717, 1.165) is 16.2 Å². The number of likely N-dealkylation sites (N-methyl/N-ethyl adjacent to an activating group) is 1. The maximum atomic E-state index is 14.2. The molecule has 31 heavy (non-hydrogen) atoms. The smallest absolute Gasteiger partial charge is 0.325 e. The summed E-state index contributed by atoms with van der Waals surface area (Å²) < 4.78 is 14.2. The van der Waals surface area contributed by atoms with Gasteiger partial charge in [-0.05, 0) is 31.5 Å². The number of aliphatic imine (C=N–C) groups is 1. The summed E-state index contributed by atoms with van der Waals surface area (Å²) in [6, 6.07) is 11.4. The van der Waals surface area contributed by atoms with E-state index >= 15 is 0 Å². The van der Waals surface area contributed by atoms with Gasteiger partial charge >= 0.3 is 6.03 Å². The molecule has 2 aromatic rings. The molecular formula is C23H24FN5O2. The number of anilines is 1. The topological polar surface area (TPSA) is 59.5 Å². The van der Waals surface area contributed by atoms with Gasteiger partial charge in [0.25, 0.3) is 5.91 Å². The van der Waals surface area contributed by atoms with Crippen molar-refractivity contribution in [2.75, 3.05) is 25.0 Å². The number of nitrogens with zero attached hydrogens (tertiary/aromatic N) is 5. The summed E-state index contributed by atoms with van der Waals surface area (Å²) in [7, 11) is 1.65. The molecule has 0 saturated carbocycles. The molecule has 0 spiro atoms. The first-order chi connectivity index (χ1) is 14.9. The summed E-state index contributed by atoms with van der Waals surface area (Å²) in [5.41, 5.74) is 3.68. The van der Waals surface area contributed by atoms with Gasteiger partial charge in [-0.2, -0.15) is 0 Å². The Morgan fingerprint density at radius 2 is 1.87 bits per heavy atom. The lowest BCUT2D eigenvalue weighted by atomic mass is 10.1. The van der Waals surface area contributed by atoms with Gasteiger partial charge in [0.2, 0.25) is 5.96 Å². The summed E-state index contributed by atoms with van der Waals surface area (Å²) in [5, 5.41) is 0. The molecule has 8 heteroatoms. The second-order valence-corrected chi connectivity index (χ2v) is 8.33. The van der Waals surface area contributed by atoms with Gasteiger partial charge in [-0.3, -0.25) is 9.69 Å². The maximum absolute atomic E-state index is 14.2. The van der Waals surface area contributed by atoms with Crippen LogP contribution in [0.15, 0.2) is 47.5 Å². The molecule has 2 fully saturated rings. The maximum Gasteiger partial charge on any atom is 0.328 e. The molecule has 2 unspecified atom stereocenters. The van der Waals surface area contributed by atoms with Crippen molar-refractivity contribution in [2.45, 2.75) is 32.6 Å². The van der Waals surface area contributed by atoms with E-state index in [9.17, 15) is 14.0 Å². The molecule has 5 rings (SSSR count). The van der Waals surface area contributed by atoms with E-state index in [1.165, 1.54) is 16.5 Å². The van der Waals surface area contributed by atoms with Crippen molar-refractivity contribution < 1.29 is 14.0 Å². The lowest BCUT2D eigenvalue weighted by Gasteiger charge is -2.40. The lowest BCUT2D eigenvalue weighted by Crippen LogP contribution is -2.64. The quantitative estimate of drug-likeness (QED) is 0.765. The molecule has 0 bridgehead atoms. The van der Waals surface area contributed by atoms with Gasteiger partial charge in [0.15, 0.2) is 12.2 Å². The molecule has 0 radical (unpaired) electrons. The molecule has 2 saturated heterocycles. The van der Waals surface area contributed by atoms with Crippen LogP contribution in [0.2, 0.25) is 0 Å². The van der Waals surface area contributed by atoms with Crippen molar-refractivity contribution in [2.24, 2.45) is 4.99 Å². The van der Waals surface area contributed by atoms with Gasteiger partial charge in [-0.15, -0.1) is 0 Å². The van der Waals surface area contributed by atoms with Gasteiger partial charge in [0, 0.05) is 31.4 Å². The highest BCUT2D eigenvalue weighted by molar-refractivity contribution is 6.08. The Hall–Kier alpha value is -3.42. The van der Waals surface area contributed by atoms with E-state index in [0.29, 0.717) is 24.6 Å². The number of carbonyl (C=O) groups is 2. The number of guanidine groups is 1. The van der Waals surface area contributed by atoms with Crippen LogP contribution in [0.5, 0.6) is 0 Å². The second-order valence-electron chi connectivity index (χ2n) is 8.33. The number of imide groups is 1. The van der Waals surface area contributed by atoms with E-state index in [-0.39, 0.29) is 12.5 Å². The number of hydrogen-bond acceptors (Lipinski definition) is 5. The summed E-state index contributed by atoms with van der Waals surface area (Å²) in [6.07, 6.45) is -0.583. The van der Waals surface area contributed by atoms with Crippen molar-refractivity contribution in [3.05, 3.63) is 65.0 Å². The first-order valence-electron chi connectivity index (χ1n) is 10.4. The fraction of sp³-hybridized carbons (Fsp3) is 0.348. The van der Waals surface area contributed by atoms with Crippen LogP contribution < -0.4 is 4.90 Å². The highest BCUT2D eigenvalue weighted by Crippen LogP contribution is 2.35. The zero-order chi connectivity index (χ0) is 21.9. The van der Waals surface area contributed by atoms with Crippen LogP contribution >= 0.6 is 0 Å². The molecule has 7 nitrogen and oxygen atoms in total. The summed E-state index contributed by atoms with van der Waals surface area (Å²) in [6.45, 7) is 5.36. The summed E-state index contributed by atoms with van der Waals surface area (Å²) >= 11 is 0. The molecular weight excluding hydrogens is 397 g/mol. The Morgan fingerprint density at radius 1 is 1.10 bits per heavy atom. The number of rotatable bonds is 3. The number of fused-ring (bicyclic) bond motifs is 3. The Morgan fingerprint density at radius 3 is 2.61 bits per heavy atom. The van der Waals surface area contributed by atoms with E-state index in [2.05, 4.69) is 36.9 Å². The normalized spacial score (nSPS) is 22.8. The molecule has 0 aliphatic carbocycles. The van der Waals surface area contributed by atoms with Gasteiger partial charge in [0.1, 0.15) is 5.82 Å². The van der Waals surface area contributed by atoms with E-state index in [4.69, 9.17) is 4.99 Å². The first kappa shape index (κ1) is 19.5. The fourth-order valence-electron chi connectivity index (χ4n) is 4.72. The van der Waals surface area contributed by atoms with Crippen LogP contribution in [0.4, 0.5) is 14.9 Å². The molecule has 3 aliphatic heterocycles. The van der Waals surface area contributed by atoms with Crippen LogP contribution in [-0.4, -0.2) is 64.9 Å². The SMILES string of the molecule is Cc1ccc(N2CCN3C2=NC2C3C(=O)N(Cc3ccccc3F)C(=O)N2C)c(C)c1. The third-order valence-corrected chi connectivity index (χ3v) is 6.31. The third-order valence-electron chi connectivity index (χ3n) is 6.31. The lowest BCUT2D eigenvalue weighted by molar-refractivity contribution is -0.137. The third kappa shape index (κ3) is 2.97. The molecule has 3 aliphatic rings. The molecule has 2 atom stereocenters. The minimum Gasteiger partial charge on any atom is -0.325 e. The highest BCUT2D eigenvalue weighted by Gasteiger charge is 2.54. The van der Waals surface area contributed by atoms with Gasteiger partial charge in [0.05, 0.1) is 6.54 Å². The zero-order valence-corrected chi connectivity index (χ0v) is 17.7. The number of urea groups is 1. The van der Waals surface area contributed by atoms with E-state index in [1.807, 2.05) is 4.90 Å². The molecule has 160 valence electrons. The van der Waals surface area contributed by atoms with E-state index < -0.39 is 24.1 Å². The van der Waals surface area contributed by atoms with Gasteiger partial charge in [-0.1, -0.05) is 35.9 Å². The standard InChI is InChI=1S/C23H24FN5O2/c1-14-8-9-18(15(2)12-14)27-10-11-28-19-20(25-22(27)28)26(3)23(31)29(21(19)30)13-16-6-4-5-7-17(16)24/h4-9,12,19-20H,10-11,13H2,1-3H3. The van der Waals surface area contributed by atoms with Crippen molar-refractivity contribution in [3.63, 3.8) is 0 Å². The minimum atomic E-state index is -0.597. The Balaban J connectivity index is 1.46. The average molecular weight is 421 g/mol. The zero-order valence-electron chi connectivity index (χ0n) is 17.7. The highest BCUT2D eigenvalue weighted by atomic mass is 19.1. The number of benzene rings is 2. The number of halogens is 1. The van der Waals surface area contributed by atoms with Crippen LogP contribution in [0.1, 0.15) is 16.7 Å². The van der Waals surface area contributed by atoms with Crippen LogP contribution in [0.25, 0.3) is 0 Å². The predicted molar refractivity (Wildman–Crippen MR) is 115 cm³/mol. The second kappa shape index (κ2) is 7.08. The van der Waals surface area contributed by atoms with Crippen molar-refractivity contribution in [1.82, 2.24) is 14.7 Å². The monoisotopic (exact) mass is 421 g/mol. The molecule has 0 N–H and O–H groups in total. The fourth-order valence-corrected chi connectivity index (χ4v) is 4.72. The van der Waals surface area contributed by atoms with Crippen LogP contribution in [-0.2, 0) is 11.3 Å². The van der Waals surface area contributed by atoms with E-state index in [1.54, 1.807) is 25.2 Å².